The van der Waals surface area contributed by atoms with Crippen LogP contribution in [0.5, 0.6) is 0 Å². The van der Waals surface area contributed by atoms with E-state index < -0.39 is 0 Å². The van der Waals surface area contributed by atoms with Crippen LogP contribution in [-0.4, -0.2) is 16.9 Å². The Labute approximate surface area is 77.2 Å². The minimum Gasteiger partial charge on any atom is -0.353 e. The molecule has 2 atom stereocenters. The lowest BCUT2D eigenvalue weighted by Crippen LogP contribution is -2.24. The Morgan fingerprint density at radius 3 is 2.92 bits per heavy atom. The van der Waals surface area contributed by atoms with Gasteiger partial charge in [0.05, 0.1) is 0 Å². The molecule has 1 saturated heterocycles. The zero-order chi connectivity index (χ0) is 9.26. The van der Waals surface area contributed by atoms with Gasteiger partial charge in [-0.3, -0.25) is 9.78 Å². The number of carbonyl (C=O) groups is 1. The van der Waals surface area contributed by atoms with E-state index in [1.54, 1.807) is 6.20 Å². The lowest BCUT2D eigenvalue weighted by atomic mass is 9.97. The Morgan fingerprint density at radius 1 is 1.54 bits per heavy atom. The maximum Gasteiger partial charge on any atom is 0.220 e. The van der Waals surface area contributed by atoms with Crippen LogP contribution < -0.4 is 5.32 Å². The summed E-state index contributed by atoms with van der Waals surface area (Å²) in [6.45, 7) is 2.02. The molecule has 0 saturated carbocycles. The van der Waals surface area contributed by atoms with Gasteiger partial charge in [-0.15, -0.1) is 0 Å². The van der Waals surface area contributed by atoms with Crippen LogP contribution in [-0.2, 0) is 4.79 Å². The summed E-state index contributed by atoms with van der Waals surface area (Å²) in [5.41, 5.74) is 1.01. The Balaban J connectivity index is 2.23. The van der Waals surface area contributed by atoms with Crippen LogP contribution >= 0.6 is 0 Å². The second-order valence-corrected chi connectivity index (χ2v) is 3.42. The van der Waals surface area contributed by atoms with Crippen molar-refractivity contribution in [2.24, 2.45) is 0 Å². The van der Waals surface area contributed by atoms with Crippen molar-refractivity contribution in [3.05, 3.63) is 30.1 Å². The number of pyridine rings is 1. The molecule has 2 unspecified atom stereocenters. The first-order valence-electron chi connectivity index (χ1n) is 4.47. The average molecular weight is 176 g/mol. The van der Waals surface area contributed by atoms with Gasteiger partial charge in [-0.05, 0) is 19.1 Å². The predicted molar refractivity (Wildman–Crippen MR) is 49.2 cm³/mol. The number of hydrogen-bond donors (Lipinski definition) is 1. The van der Waals surface area contributed by atoms with Crippen molar-refractivity contribution >= 4 is 5.91 Å². The summed E-state index contributed by atoms with van der Waals surface area (Å²) >= 11 is 0. The molecule has 2 heterocycles. The second kappa shape index (κ2) is 3.17. The normalized spacial score (nSPS) is 27.3. The van der Waals surface area contributed by atoms with Gasteiger partial charge in [0.1, 0.15) is 0 Å². The molecular weight excluding hydrogens is 164 g/mol. The number of rotatable bonds is 1. The van der Waals surface area contributed by atoms with Crippen molar-refractivity contribution in [3.63, 3.8) is 0 Å². The molecule has 13 heavy (non-hydrogen) atoms. The van der Waals surface area contributed by atoms with E-state index in [1.807, 2.05) is 25.1 Å². The van der Waals surface area contributed by atoms with E-state index in [0.717, 1.165) is 5.69 Å². The molecule has 1 aliphatic rings. The first-order valence-corrected chi connectivity index (χ1v) is 4.47. The van der Waals surface area contributed by atoms with Gasteiger partial charge in [-0.25, -0.2) is 0 Å². The van der Waals surface area contributed by atoms with Crippen LogP contribution in [0.4, 0.5) is 0 Å². The van der Waals surface area contributed by atoms with Crippen molar-refractivity contribution < 1.29 is 4.79 Å². The highest BCUT2D eigenvalue weighted by Crippen LogP contribution is 2.25. The lowest BCUT2D eigenvalue weighted by molar-refractivity contribution is -0.119. The smallest absolute Gasteiger partial charge is 0.220 e. The third kappa shape index (κ3) is 1.54. The molecule has 1 aliphatic heterocycles. The van der Waals surface area contributed by atoms with Gasteiger partial charge >= 0.3 is 0 Å². The van der Waals surface area contributed by atoms with Crippen molar-refractivity contribution in [1.82, 2.24) is 10.3 Å². The van der Waals surface area contributed by atoms with Crippen LogP contribution in [0.3, 0.4) is 0 Å². The van der Waals surface area contributed by atoms with Crippen LogP contribution in [0, 0.1) is 0 Å². The molecule has 1 amide bonds. The molecule has 0 spiro atoms. The third-order valence-electron chi connectivity index (χ3n) is 2.47. The second-order valence-electron chi connectivity index (χ2n) is 3.42. The molecule has 0 radical (unpaired) electrons. The number of amides is 1. The summed E-state index contributed by atoms with van der Waals surface area (Å²) in [7, 11) is 0. The van der Waals surface area contributed by atoms with E-state index in [4.69, 9.17) is 0 Å². The Hall–Kier alpha value is -1.38. The summed E-state index contributed by atoms with van der Waals surface area (Å²) in [5.74, 6) is 0.372. The molecule has 0 aromatic carbocycles. The van der Waals surface area contributed by atoms with Crippen LogP contribution in [0.15, 0.2) is 24.4 Å². The fraction of sp³-hybridized carbons (Fsp3) is 0.400. The highest BCUT2D eigenvalue weighted by Gasteiger charge is 2.30. The van der Waals surface area contributed by atoms with Gasteiger partial charge in [0.25, 0.3) is 0 Å². The third-order valence-corrected chi connectivity index (χ3v) is 2.47. The van der Waals surface area contributed by atoms with Gasteiger partial charge < -0.3 is 5.32 Å². The van der Waals surface area contributed by atoms with E-state index in [0.29, 0.717) is 6.42 Å². The molecule has 1 aromatic heterocycles. The molecule has 0 aliphatic carbocycles. The SMILES string of the molecule is CC1NC(=O)CC1c1ccccn1. The highest BCUT2D eigenvalue weighted by molar-refractivity contribution is 5.80. The van der Waals surface area contributed by atoms with Crippen LogP contribution in [0.25, 0.3) is 0 Å². The van der Waals surface area contributed by atoms with Gasteiger partial charge in [-0.2, -0.15) is 0 Å². The average Bonchev–Trinajstić information content (AvgIpc) is 2.47. The van der Waals surface area contributed by atoms with Gasteiger partial charge in [0.15, 0.2) is 0 Å². The van der Waals surface area contributed by atoms with Crippen LogP contribution in [0.2, 0.25) is 0 Å². The van der Waals surface area contributed by atoms with E-state index in [9.17, 15) is 4.79 Å². The topological polar surface area (TPSA) is 42.0 Å². The molecule has 1 N–H and O–H groups in total. The lowest BCUT2D eigenvalue weighted by Gasteiger charge is -2.12. The van der Waals surface area contributed by atoms with Crippen molar-refractivity contribution in [2.45, 2.75) is 25.3 Å². The standard InChI is InChI=1S/C10H12N2O/c1-7-8(6-10(13)12-7)9-4-2-3-5-11-9/h2-5,7-8H,6H2,1H3,(H,12,13). The summed E-state index contributed by atoms with van der Waals surface area (Å²) < 4.78 is 0. The van der Waals surface area contributed by atoms with E-state index >= 15 is 0 Å². The first kappa shape index (κ1) is 8.23. The number of nitrogens with zero attached hydrogens (tertiary/aromatic N) is 1. The molecule has 2 rings (SSSR count). The Morgan fingerprint density at radius 2 is 2.38 bits per heavy atom. The number of hydrogen-bond acceptors (Lipinski definition) is 2. The minimum absolute atomic E-state index is 0.128. The molecule has 0 bridgehead atoms. The quantitative estimate of drug-likeness (QED) is 0.695. The largest absolute Gasteiger partial charge is 0.353 e. The van der Waals surface area contributed by atoms with Gasteiger partial charge in [-0.1, -0.05) is 6.07 Å². The zero-order valence-electron chi connectivity index (χ0n) is 7.53. The Kier molecular flexibility index (Phi) is 2.00. The zero-order valence-corrected chi connectivity index (χ0v) is 7.53. The van der Waals surface area contributed by atoms with E-state index in [1.165, 1.54) is 0 Å². The van der Waals surface area contributed by atoms with Crippen molar-refractivity contribution in [2.75, 3.05) is 0 Å². The molecule has 3 heteroatoms. The summed E-state index contributed by atoms with van der Waals surface area (Å²) in [4.78, 5) is 15.4. The minimum atomic E-state index is 0.128. The highest BCUT2D eigenvalue weighted by atomic mass is 16.1. The Bertz CT molecular complexity index is 310. The maximum absolute atomic E-state index is 11.1. The van der Waals surface area contributed by atoms with Crippen molar-refractivity contribution in [3.8, 4) is 0 Å². The first-order chi connectivity index (χ1) is 6.27. The summed E-state index contributed by atoms with van der Waals surface area (Å²) in [6.07, 6.45) is 2.34. The summed E-state index contributed by atoms with van der Waals surface area (Å²) in [6, 6.07) is 6.03. The van der Waals surface area contributed by atoms with E-state index in [-0.39, 0.29) is 17.9 Å². The fourth-order valence-electron chi connectivity index (χ4n) is 1.75. The van der Waals surface area contributed by atoms with Crippen LogP contribution in [0.1, 0.15) is 25.0 Å². The molecule has 3 nitrogen and oxygen atoms in total. The maximum atomic E-state index is 11.1. The van der Waals surface area contributed by atoms with Gasteiger partial charge in [0, 0.05) is 30.3 Å². The molecule has 68 valence electrons. The summed E-state index contributed by atoms with van der Waals surface area (Å²) in [5, 5.41) is 2.89. The fourth-order valence-corrected chi connectivity index (χ4v) is 1.75. The van der Waals surface area contributed by atoms with E-state index in [2.05, 4.69) is 10.3 Å². The molecule has 1 fully saturated rings. The van der Waals surface area contributed by atoms with Gasteiger partial charge in [0.2, 0.25) is 5.91 Å². The monoisotopic (exact) mass is 176 g/mol. The number of aromatic nitrogens is 1. The number of carbonyl (C=O) groups excluding carboxylic acids is 1. The number of nitrogens with one attached hydrogen (secondary N) is 1. The molecule has 1 aromatic rings. The molecular formula is C10H12N2O. The predicted octanol–water partition coefficient (Wildman–Crippen LogP) is 1.07. The van der Waals surface area contributed by atoms with Crippen molar-refractivity contribution in [1.29, 1.82) is 0 Å².